The number of benzene rings is 1. The third kappa shape index (κ3) is 3.49. The van der Waals surface area contributed by atoms with E-state index in [1.807, 2.05) is 23.6 Å². The molecule has 20 heavy (non-hydrogen) atoms. The summed E-state index contributed by atoms with van der Waals surface area (Å²) in [6, 6.07) is 7.87. The molecule has 106 valence electrons. The predicted octanol–water partition coefficient (Wildman–Crippen LogP) is 5.20. The van der Waals surface area contributed by atoms with Crippen molar-refractivity contribution < 1.29 is 9.53 Å². The van der Waals surface area contributed by atoms with E-state index in [2.05, 4.69) is 42.8 Å². The highest BCUT2D eigenvalue weighted by Crippen LogP contribution is 2.25. The molecule has 0 saturated heterocycles. The summed E-state index contributed by atoms with van der Waals surface area (Å²) in [4.78, 5) is 12.7. The average molecular weight is 353 g/mol. The molecule has 0 amide bonds. The topological polar surface area (TPSA) is 26.3 Å². The Morgan fingerprint density at radius 2 is 2.10 bits per heavy atom. The minimum Gasteiger partial charge on any atom is -0.485 e. The molecular weight excluding hydrogens is 336 g/mol. The zero-order chi connectivity index (χ0) is 14.7. The maximum Gasteiger partial charge on any atom is 0.211 e. The van der Waals surface area contributed by atoms with Gasteiger partial charge in [-0.3, -0.25) is 4.79 Å². The summed E-state index contributed by atoms with van der Waals surface area (Å²) in [5.41, 5.74) is 2.51. The summed E-state index contributed by atoms with van der Waals surface area (Å²) in [5, 5.41) is 1.89. The molecule has 0 fully saturated rings. The van der Waals surface area contributed by atoms with E-state index >= 15 is 0 Å². The summed E-state index contributed by atoms with van der Waals surface area (Å²) in [6.07, 6.45) is 0. The van der Waals surface area contributed by atoms with Crippen molar-refractivity contribution in [1.29, 1.82) is 0 Å². The number of hydrogen-bond donors (Lipinski definition) is 0. The molecule has 1 heterocycles. The van der Waals surface area contributed by atoms with Crippen molar-refractivity contribution in [3.05, 3.63) is 50.1 Å². The van der Waals surface area contributed by atoms with Gasteiger partial charge in [-0.15, -0.1) is 11.3 Å². The Labute approximate surface area is 131 Å². The molecule has 2 rings (SSSR count). The third-order valence-corrected chi connectivity index (χ3v) is 4.98. The van der Waals surface area contributed by atoms with Gasteiger partial charge in [0, 0.05) is 4.47 Å². The van der Waals surface area contributed by atoms with Crippen LogP contribution in [0.25, 0.3) is 0 Å². The summed E-state index contributed by atoms with van der Waals surface area (Å²) in [6.45, 7) is 6.47. The van der Waals surface area contributed by atoms with Crippen molar-refractivity contribution in [1.82, 2.24) is 0 Å². The normalized spacial score (nSPS) is 10.8. The van der Waals surface area contributed by atoms with Crippen molar-refractivity contribution in [2.24, 2.45) is 0 Å². The smallest absolute Gasteiger partial charge is 0.211 e. The molecule has 0 radical (unpaired) electrons. The molecule has 0 spiro atoms. The van der Waals surface area contributed by atoms with Crippen LogP contribution in [-0.2, 0) is 0 Å². The fraction of sp³-hybridized carbons (Fsp3) is 0.312. The Morgan fingerprint density at radius 3 is 2.65 bits per heavy atom. The van der Waals surface area contributed by atoms with Gasteiger partial charge in [0.2, 0.25) is 5.78 Å². The molecule has 2 aromatic rings. The number of carbonyl (C=O) groups is 1. The lowest BCUT2D eigenvalue weighted by atomic mass is 9.98. The Morgan fingerprint density at radius 1 is 1.35 bits per heavy atom. The van der Waals surface area contributed by atoms with Gasteiger partial charge in [-0.05, 0) is 63.5 Å². The molecule has 2 nitrogen and oxygen atoms in total. The number of rotatable bonds is 5. The van der Waals surface area contributed by atoms with E-state index in [9.17, 15) is 4.79 Å². The van der Waals surface area contributed by atoms with Crippen LogP contribution in [0.4, 0.5) is 0 Å². The first-order valence-electron chi connectivity index (χ1n) is 6.48. The quantitative estimate of drug-likeness (QED) is 0.690. The summed E-state index contributed by atoms with van der Waals surface area (Å²) in [5.74, 6) is 1.23. The minimum atomic E-state index is -0.00235. The molecule has 0 aliphatic heterocycles. The number of aryl methyl sites for hydroxylation is 1. The van der Waals surface area contributed by atoms with Gasteiger partial charge in [0.1, 0.15) is 5.75 Å². The van der Waals surface area contributed by atoms with Crippen molar-refractivity contribution in [3.63, 3.8) is 0 Å². The van der Waals surface area contributed by atoms with Crippen molar-refractivity contribution in [2.75, 3.05) is 6.61 Å². The molecule has 0 saturated carbocycles. The van der Waals surface area contributed by atoms with Crippen molar-refractivity contribution >= 4 is 33.0 Å². The Bertz CT molecular complexity index is 617. The molecule has 4 heteroatoms. The van der Waals surface area contributed by atoms with Crippen LogP contribution >= 0.6 is 27.3 Å². The van der Waals surface area contributed by atoms with E-state index in [0.29, 0.717) is 10.8 Å². The molecule has 1 aromatic heterocycles. The molecule has 0 aliphatic rings. The van der Waals surface area contributed by atoms with Gasteiger partial charge in [0.05, 0.1) is 4.88 Å². The minimum absolute atomic E-state index is 0.00235. The molecule has 0 N–H and O–H groups in total. The van der Waals surface area contributed by atoms with E-state index in [1.165, 1.54) is 22.5 Å². The Kier molecular flexibility index (Phi) is 5.00. The van der Waals surface area contributed by atoms with Gasteiger partial charge in [0.15, 0.2) is 6.61 Å². The van der Waals surface area contributed by atoms with Crippen LogP contribution in [0.15, 0.2) is 34.1 Å². The highest BCUT2D eigenvalue weighted by Gasteiger charge is 2.12. The summed E-state index contributed by atoms with van der Waals surface area (Å²) < 4.78 is 6.43. The zero-order valence-electron chi connectivity index (χ0n) is 11.8. The number of hydrogen-bond acceptors (Lipinski definition) is 3. The molecule has 0 aliphatic carbocycles. The first-order valence-corrected chi connectivity index (χ1v) is 8.16. The van der Waals surface area contributed by atoms with E-state index in [4.69, 9.17) is 4.74 Å². The van der Waals surface area contributed by atoms with Crippen LogP contribution in [0.5, 0.6) is 5.75 Å². The molecule has 0 atom stereocenters. The van der Waals surface area contributed by atoms with Crippen LogP contribution in [0.1, 0.15) is 40.6 Å². The standard InChI is InChI=1S/C16H17BrO2S/c1-10(2)13-5-4-12(8-11(13)3)19-9-15(18)16-14(17)6-7-20-16/h4-8,10H,9H2,1-3H3. The van der Waals surface area contributed by atoms with Crippen LogP contribution in [0.3, 0.4) is 0 Å². The van der Waals surface area contributed by atoms with Crippen LogP contribution in [0, 0.1) is 6.92 Å². The van der Waals surface area contributed by atoms with Gasteiger partial charge in [-0.2, -0.15) is 0 Å². The fourth-order valence-corrected chi connectivity index (χ4v) is 3.61. The van der Waals surface area contributed by atoms with Crippen molar-refractivity contribution in [3.8, 4) is 5.75 Å². The molecule has 1 aromatic carbocycles. The number of thiophene rings is 1. The van der Waals surface area contributed by atoms with E-state index in [0.717, 1.165) is 10.2 Å². The first-order chi connectivity index (χ1) is 9.49. The van der Waals surface area contributed by atoms with Crippen LogP contribution < -0.4 is 4.74 Å². The maximum absolute atomic E-state index is 12.0. The summed E-state index contributed by atoms with van der Waals surface area (Å²) >= 11 is 4.79. The average Bonchev–Trinajstić information content (AvgIpc) is 2.82. The first kappa shape index (κ1) is 15.3. The van der Waals surface area contributed by atoms with Crippen molar-refractivity contribution in [2.45, 2.75) is 26.7 Å². The maximum atomic E-state index is 12.0. The van der Waals surface area contributed by atoms with Crippen LogP contribution in [-0.4, -0.2) is 12.4 Å². The second kappa shape index (κ2) is 6.55. The lowest BCUT2D eigenvalue weighted by Crippen LogP contribution is -2.10. The monoisotopic (exact) mass is 352 g/mol. The third-order valence-electron chi connectivity index (χ3n) is 3.10. The van der Waals surface area contributed by atoms with Gasteiger partial charge < -0.3 is 4.74 Å². The number of carbonyl (C=O) groups excluding carboxylic acids is 1. The summed E-state index contributed by atoms with van der Waals surface area (Å²) in [7, 11) is 0. The Balaban J connectivity index is 2.03. The Hall–Kier alpha value is -1.13. The highest BCUT2D eigenvalue weighted by molar-refractivity contribution is 9.10. The lowest BCUT2D eigenvalue weighted by Gasteiger charge is -2.12. The lowest BCUT2D eigenvalue weighted by molar-refractivity contribution is 0.0925. The number of Topliss-reactive ketones (excluding diaryl/α,β-unsaturated/α-hetero) is 1. The molecular formula is C16H17BrO2S. The zero-order valence-corrected chi connectivity index (χ0v) is 14.2. The number of ketones is 1. The van der Waals surface area contributed by atoms with Gasteiger partial charge in [0.25, 0.3) is 0 Å². The number of halogens is 1. The highest BCUT2D eigenvalue weighted by atomic mass is 79.9. The number of ether oxygens (including phenoxy) is 1. The second-order valence-corrected chi connectivity index (χ2v) is 6.75. The van der Waals surface area contributed by atoms with Gasteiger partial charge in [-0.1, -0.05) is 19.9 Å². The van der Waals surface area contributed by atoms with E-state index in [1.54, 1.807) is 0 Å². The SMILES string of the molecule is Cc1cc(OCC(=O)c2sccc2Br)ccc1C(C)C. The molecule has 0 unspecified atom stereocenters. The second-order valence-electron chi connectivity index (χ2n) is 4.98. The predicted molar refractivity (Wildman–Crippen MR) is 87.1 cm³/mol. The fourth-order valence-electron chi connectivity index (χ4n) is 2.09. The van der Waals surface area contributed by atoms with Gasteiger partial charge in [-0.25, -0.2) is 0 Å². The van der Waals surface area contributed by atoms with E-state index < -0.39 is 0 Å². The molecule has 0 bridgehead atoms. The van der Waals surface area contributed by atoms with E-state index in [-0.39, 0.29) is 12.4 Å². The van der Waals surface area contributed by atoms with Crippen LogP contribution in [0.2, 0.25) is 0 Å². The van der Waals surface area contributed by atoms with Gasteiger partial charge >= 0.3 is 0 Å². The largest absolute Gasteiger partial charge is 0.485 e.